The molecule has 0 saturated carbocycles. The molecule has 0 saturated heterocycles. The van der Waals surface area contributed by atoms with Gasteiger partial charge >= 0.3 is 5.70 Å². The summed E-state index contributed by atoms with van der Waals surface area (Å²) in [7, 11) is 0. The molecule has 0 radical (unpaired) electrons. The maximum absolute atomic E-state index is 14.5. The topological polar surface area (TPSA) is 169 Å². The molecule has 4 heterocycles. The van der Waals surface area contributed by atoms with Crippen LogP contribution in [0.4, 0.5) is 35.1 Å². The van der Waals surface area contributed by atoms with Gasteiger partial charge in [-0.15, -0.1) is 0 Å². The van der Waals surface area contributed by atoms with E-state index in [1.54, 1.807) is 12.1 Å². The van der Waals surface area contributed by atoms with E-state index >= 15 is 0 Å². The Morgan fingerprint density at radius 2 is 1.04 bits per heavy atom. The molecule has 0 aliphatic carbocycles. The maximum Gasteiger partial charge on any atom is 0.305 e. The highest BCUT2D eigenvalue weighted by molar-refractivity contribution is 5.78. The van der Waals surface area contributed by atoms with Crippen molar-refractivity contribution < 1.29 is 35.1 Å². The van der Waals surface area contributed by atoms with E-state index in [1.807, 2.05) is 0 Å². The second-order valence-corrected chi connectivity index (χ2v) is 10.1. The molecule has 3 aromatic carbocycles. The van der Waals surface area contributed by atoms with Gasteiger partial charge in [-0.3, -0.25) is 0 Å². The number of hydrogen-bond donors (Lipinski definition) is 0. The van der Waals surface area contributed by atoms with Gasteiger partial charge in [0.1, 0.15) is 33.1 Å². The molecule has 0 atom stereocenters. The average Bonchev–Trinajstić information content (AvgIpc) is 3.90. The van der Waals surface area contributed by atoms with Gasteiger partial charge in [0.15, 0.2) is 81.5 Å². The van der Waals surface area contributed by atoms with Crippen molar-refractivity contribution in [2.24, 2.45) is 30.0 Å². The molecule has 0 fully saturated rings. The highest BCUT2D eigenvalue weighted by Crippen LogP contribution is 2.27. The Hall–Kier alpha value is -7.91. The van der Waals surface area contributed by atoms with E-state index < -0.39 is 114 Å². The van der Waals surface area contributed by atoms with Crippen LogP contribution in [0.5, 0.6) is 0 Å². The Bertz CT molecular complexity index is 2850. The summed E-state index contributed by atoms with van der Waals surface area (Å²) in [5.41, 5.74) is -2.04. The first-order valence-corrected chi connectivity index (χ1v) is 13.6. The Balaban J connectivity index is 1.52. The molecule has 21 heteroatoms. The zero-order valence-electron chi connectivity index (χ0n) is 24.6. The van der Waals surface area contributed by atoms with Crippen LogP contribution in [0.1, 0.15) is 11.6 Å². The average molecular weight is 709 g/mol. The lowest BCUT2D eigenvalue weighted by molar-refractivity contribution is 0.399. The van der Waals surface area contributed by atoms with Crippen molar-refractivity contribution in [1.29, 1.82) is 10.5 Å². The van der Waals surface area contributed by atoms with Gasteiger partial charge in [0, 0.05) is 5.56 Å². The lowest BCUT2D eigenvalue weighted by Gasteiger charge is -2.07. The zero-order chi connectivity index (χ0) is 37.2. The Labute approximate surface area is 280 Å². The monoisotopic (exact) mass is 709 g/mol. The zero-order valence-corrected chi connectivity index (χ0v) is 24.6. The number of allylic oxidation sites excluding steroid dienone is 2. The van der Waals surface area contributed by atoms with E-state index in [9.17, 15) is 45.6 Å². The maximum atomic E-state index is 14.5. The number of hydrogen-bond acceptors (Lipinski definition) is 11. The fourth-order valence-corrected chi connectivity index (χ4v) is 4.77. The third kappa shape index (κ3) is 4.85. The molecule has 4 aromatic rings. The van der Waals surface area contributed by atoms with Crippen LogP contribution in [-0.2, 0) is 0 Å². The molecule has 0 N–H and O–H groups in total. The molecule has 0 amide bonds. The summed E-state index contributed by atoms with van der Waals surface area (Å²) >= 11 is 0. The lowest BCUT2D eigenvalue weighted by Crippen LogP contribution is -2.32. The van der Waals surface area contributed by atoms with Crippen molar-refractivity contribution in [3.8, 4) is 23.5 Å². The largest absolute Gasteiger partial charge is 0.305 e. The van der Waals surface area contributed by atoms with Crippen molar-refractivity contribution >= 4 is 11.3 Å². The van der Waals surface area contributed by atoms with Gasteiger partial charge in [-0.2, -0.15) is 5.26 Å². The van der Waals surface area contributed by atoms with E-state index in [0.29, 0.717) is 0 Å². The van der Waals surface area contributed by atoms with E-state index in [1.165, 1.54) is 18.2 Å². The number of nitrogens with zero attached hydrogens (tertiary/aromatic N) is 13. The van der Waals surface area contributed by atoms with Gasteiger partial charge < -0.3 is 0 Å². The number of aromatic nitrogens is 3. The minimum Gasteiger partial charge on any atom is -0.238 e. The van der Waals surface area contributed by atoms with Crippen LogP contribution in [0.2, 0.25) is 0 Å². The second-order valence-electron chi connectivity index (χ2n) is 10.1. The summed E-state index contributed by atoms with van der Waals surface area (Å²) in [6, 6.07) is 7.24. The first-order valence-electron chi connectivity index (χ1n) is 13.6. The summed E-state index contributed by atoms with van der Waals surface area (Å²) in [6.07, 6.45) is 0. The van der Waals surface area contributed by atoms with Crippen LogP contribution >= 0.6 is 0 Å². The smallest absolute Gasteiger partial charge is 0.238 e. The highest BCUT2D eigenvalue weighted by Gasteiger charge is 2.28. The molecule has 13 nitrogen and oxygen atoms in total. The van der Waals surface area contributed by atoms with Crippen molar-refractivity contribution in [3.05, 3.63) is 155 Å². The van der Waals surface area contributed by atoms with E-state index in [0.717, 1.165) is 0 Å². The molecule has 3 aliphatic heterocycles. The molecular weight excluding hydrogens is 706 g/mol. The standard InChI is InChI=1S/C31H3F8N13/c1-42-12(7-41)29-44-10-4-3-8(5-11(10)45-29)26-50-28(9(6-40)27-46-21-17(36)13(32)14(33)18(37)22(21)47-27)52-31(51-26)25(43-2)30-48-23-19(38)15(34)16(35)20(39)24(23)49-30/h3-5H/b29-12+. The quantitative estimate of drug-likeness (QED) is 0.104. The lowest BCUT2D eigenvalue weighted by atomic mass is 10.2. The SMILES string of the molecule is [C-]#[N+]C(=C1N=c2c(F)c(F)c(F)c(F)c2=N1)c1nc(C(C#N)=C2N=c3c(F)c(F)c(F)c(F)c3=N2)nc(-c2ccc3c(c2)=N/C(=C(\C#N)[N+]#[C-])N=3)n1. The highest BCUT2D eigenvalue weighted by atomic mass is 19.2. The fourth-order valence-electron chi connectivity index (χ4n) is 4.77. The molecule has 0 bridgehead atoms. The van der Waals surface area contributed by atoms with Crippen LogP contribution in [0.15, 0.2) is 71.3 Å². The molecule has 0 spiro atoms. The van der Waals surface area contributed by atoms with E-state index in [-0.39, 0.29) is 22.1 Å². The van der Waals surface area contributed by atoms with Crippen LogP contribution < -0.4 is 32.1 Å². The first kappa shape index (κ1) is 32.6. The number of fused-ring (bicyclic) bond motifs is 3. The summed E-state index contributed by atoms with van der Waals surface area (Å²) in [4.78, 5) is 41.2. The summed E-state index contributed by atoms with van der Waals surface area (Å²) in [5.74, 6) is -20.4. The van der Waals surface area contributed by atoms with Gasteiger partial charge in [-0.25, -0.2) is 95.0 Å². The van der Waals surface area contributed by atoms with Gasteiger partial charge in [0.05, 0.1) is 29.9 Å². The first-order chi connectivity index (χ1) is 24.9. The second kappa shape index (κ2) is 11.9. The van der Waals surface area contributed by atoms with E-state index in [4.69, 9.17) is 13.1 Å². The van der Waals surface area contributed by atoms with Gasteiger partial charge in [-0.05, 0) is 18.2 Å². The molecule has 52 heavy (non-hydrogen) atoms. The van der Waals surface area contributed by atoms with Crippen molar-refractivity contribution in [1.82, 2.24) is 15.0 Å². The Kier molecular flexibility index (Phi) is 7.47. The number of benzene rings is 3. The summed E-state index contributed by atoms with van der Waals surface area (Å²) in [6.45, 7) is 14.9. The van der Waals surface area contributed by atoms with Crippen LogP contribution in [0.25, 0.3) is 32.3 Å². The van der Waals surface area contributed by atoms with Gasteiger partial charge in [-0.1, -0.05) is 0 Å². The van der Waals surface area contributed by atoms with Crippen LogP contribution in [-0.4, -0.2) is 15.0 Å². The number of halogens is 8. The molecule has 3 aliphatic rings. The van der Waals surface area contributed by atoms with Crippen LogP contribution in [0, 0.1) is 82.3 Å². The minimum absolute atomic E-state index is 0.0245. The normalized spacial score (nSPS) is 14.0. The van der Waals surface area contributed by atoms with Crippen molar-refractivity contribution in [2.75, 3.05) is 0 Å². The Morgan fingerprint density at radius 1 is 0.538 bits per heavy atom. The predicted octanol–water partition coefficient (Wildman–Crippen LogP) is 2.16. The summed E-state index contributed by atoms with van der Waals surface area (Å²) in [5, 5.41) is 15.2. The van der Waals surface area contributed by atoms with Crippen molar-refractivity contribution in [2.45, 2.75) is 0 Å². The van der Waals surface area contributed by atoms with E-state index in [2.05, 4.69) is 54.6 Å². The molecule has 1 aromatic heterocycles. The minimum atomic E-state index is -2.21. The predicted molar refractivity (Wildman–Crippen MR) is 150 cm³/mol. The number of rotatable bonds is 3. The molecule has 248 valence electrons. The van der Waals surface area contributed by atoms with Crippen molar-refractivity contribution in [3.63, 3.8) is 0 Å². The molecular formula is C31H3F8N13. The fraction of sp³-hybridized carbons (Fsp3) is 0. The van der Waals surface area contributed by atoms with Gasteiger partial charge in [0.2, 0.25) is 0 Å². The number of nitriles is 2. The van der Waals surface area contributed by atoms with Gasteiger partial charge in [0.25, 0.3) is 5.70 Å². The third-order valence-electron chi connectivity index (χ3n) is 7.15. The molecule has 7 rings (SSSR count). The Morgan fingerprint density at radius 3 is 1.52 bits per heavy atom. The molecule has 0 unspecified atom stereocenters. The third-order valence-corrected chi connectivity index (χ3v) is 7.15. The summed E-state index contributed by atoms with van der Waals surface area (Å²) < 4.78 is 114. The van der Waals surface area contributed by atoms with Crippen LogP contribution in [0.3, 0.4) is 0 Å².